The highest BCUT2D eigenvalue weighted by Gasteiger charge is 2.20. The van der Waals surface area contributed by atoms with Crippen LogP contribution in [-0.2, 0) is 6.42 Å². The number of hydrogen-bond donors (Lipinski definition) is 4. The van der Waals surface area contributed by atoms with E-state index in [1.165, 1.54) is 21.3 Å². The number of rotatable bonds is 12. The summed E-state index contributed by atoms with van der Waals surface area (Å²) < 4.78 is 23.4. The summed E-state index contributed by atoms with van der Waals surface area (Å²) in [6.07, 6.45) is 0.691. The van der Waals surface area contributed by atoms with Gasteiger partial charge in [-0.05, 0) is 48.5 Å². The minimum Gasteiger partial charge on any atom is -0.496 e. The number of aryl methyl sites for hydroxylation is 1. The van der Waals surface area contributed by atoms with E-state index in [0.29, 0.717) is 62.5 Å². The number of urea groups is 2. The van der Waals surface area contributed by atoms with Crippen molar-refractivity contribution in [2.45, 2.75) is 13.3 Å². The van der Waals surface area contributed by atoms with Crippen molar-refractivity contribution in [2.75, 3.05) is 42.6 Å². The van der Waals surface area contributed by atoms with E-state index >= 15 is 0 Å². The van der Waals surface area contributed by atoms with Gasteiger partial charge >= 0.3 is 18.1 Å². The number of carbonyl (C=O) groups excluding carboxylic acids is 4. The second-order valence-electron chi connectivity index (χ2n) is 10.8. The molecule has 2 aromatic heterocycles. The Morgan fingerprint density at radius 2 is 0.963 bits per heavy atom. The first-order valence-electron chi connectivity index (χ1n) is 16.1. The summed E-state index contributed by atoms with van der Waals surface area (Å²) in [6.45, 7) is 1.94. The number of carbonyl (C=O) groups is 4. The van der Waals surface area contributed by atoms with Crippen molar-refractivity contribution in [3.63, 3.8) is 0 Å². The van der Waals surface area contributed by atoms with Gasteiger partial charge in [-0.15, -0.1) is 4.37 Å². The van der Waals surface area contributed by atoms with Crippen molar-refractivity contribution in [3.05, 3.63) is 125 Å². The third kappa shape index (κ3) is 9.78. The third-order valence-corrected chi connectivity index (χ3v) is 8.64. The predicted octanol–water partition coefficient (Wildman–Crippen LogP) is 7.41. The number of anilines is 4. The fourth-order valence-corrected chi connectivity index (χ4v) is 6.01. The van der Waals surface area contributed by atoms with Crippen LogP contribution in [-0.4, -0.2) is 63.7 Å². The number of para-hydroxylation sites is 4. The molecule has 6 rings (SSSR count). The van der Waals surface area contributed by atoms with Crippen LogP contribution in [0.3, 0.4) is 0 Å². The third-order valence-electron chi connectivity index (χ3n) is 7.36. The highest BCUT2D eigenvalue weighted by Crippen LogP contribution is 2.27. The van der Waals surface area contributed by atoms with Gasteiger partial charge in [-0.1, -0.05) is 55.5 Å². The summed E-state index contributed by atoms with van der Waals surface area (Å²) in [6, 6.07) is 26.5. The minimum atomic E-state index is -0.547. The molecule has 0 bridgehead atoms. The second kappa shape index (κ2) is 18.7. The van der Waals surface area contributed by atoms with Crippen molar-refractivity contribution >= 4 is 68.3 Å². The van der Waals surface area contributed by atoms with E-state index in [4.69, 9.17) is 14.2 Å². The van der Waals surface area contributed by atoms with Crippen molar-refractivity contribution < 1.29 is 33.4 Å². The van der Waals surface area contributed by atoms with Crippen LogP contribution in [0.5, 0.6) is 17.5 Å². The standard InChI is InChI=1S/C19H18N4O3S.C18H16N4O4S/c1-3-16-21-19(27-23-16)22-18(25)20-14-10-6-4-8-12(14)17(24)13-9-5-7-11-15(13)26-2;1-25-14-10-6-4-8-12(14)15(23)11-7-3-5-9-13(11)19-16(24)20-18-21-17(26-2)22-27-18/h4-11H,3H2,1-2H3,(H2,20,21,22,23,25);3-10H,1-2H3,(H2,19,20,21,22,24). The SMILES string of the molecule is CCc1nsc(NC(=O)Nc2ccccc2C(=O)c2ccccc2OC)n1.COc1nsc(NC(=O)Nc2ccccc2C(=O)c2ccccc2OC)n1. The molecule has 54 heavy (non-hydrogen) atoms. The molecular weight excluding hydrogens is 733 g/mol. The van der Waals surface area contributed by atoms with Crippen LogP contribution < -0.4 is 35.5 Å². The summed E-state index contributed by atoms with van der Waals surface area (Å²) in [5, 5.41) is 11.2. The molecule has 0 aliphatic rings. The van der Waals surface area contributed by atoms with Gasteiger partial charge < -0.3 is 24.8 Å². The molecule has 0 radical (unpaired) electrons. The zero-order chi connectivity index (χ0) is 38.5. The normalized spacial score (nSPS) is 10.2. The van der Waals surface area contributed by atoms with Gasteiger partial charge in [0.05, 0.1) is 43.8 Å². The quantitative estimate of drug-likeness (QED) is 0.0906. The van der Waals surface area contributed by atoms with E-state index in [-0.39, 0.29) is 22.7 Å². The molecule has 4 N–H and O–H groups in total. The van der Waals surface area contributed by atoms with Gasteiger partial charge in [0.2, 0.25) is 10.3 Å². The first-order valence-corrected chi connectivity index (χ1v) is 17.7. The van der Waals surface area contributed by atoms with Crippen LogP contribution in [0.1, 0.15) is 44.6 Å². The van der Waals surface area contributed by atoms with Crippen LogP contribution in [0, 0.1) is 0 Å². The number of ketones is 2. The van der Waals surface area contributed by atoms with E-state index in [0.717, 1.165) is 23.1 Å². The molecule has 0 spiro atoms. The maximum absolute atomic E-state index is 13.0. The predicted molar refractivity (Wildman–Crippen MR) is 207 cm³/mol. The lowest BCUT2D eigenvalue weighted by Crippen LogP contribution is -2.21. The molecule has 15 nitrogen and oxygen atoms in total. The molecule has 0 atom stereocenters. The zero-order valence-corrected chi connectivity index (χ0v) is 31.0. The Balaban J connectivity index is 0.000000208. The maximum Gasteiger partial charge on any atom is 0.329 e. The Kier molecular flexibility index (Phi) is 13.3. The fourth-order valence-electron chi connectivity index (χ4n) is 4.83. The number of benzene rings is 4. The zero-order valence-electron chi connectivity index (χ0n) is 29.4. The molecule has 6 aromatic rings. The van der Waals surface area contributed by atoms with Gasteiger partial charge in [0.15, 0.2) is 11.6 Å². The first kappa shape index (κ1) is 38.5. The Bertz CT molecular complexity index is 2100. The number of hydrogen-bond acceptors (Lipinski definition) is 13. The molecule has 17 heteroatoms. The van der Waals surface area contributed by atoms with E-state index in [9.17, 15) is 19.2 Å². The lowest BCUT2D eigenvalue weighted by atomic mass is 10.0. The number of nitrogens with one attached hydrogen (secondary N) is 4. The van der Waals surface area contributed by atoms with Gasteiger partial charge in [-0.3, -0.25) is 20.2 Å². The lowest BCUT2D eigenvalue weighted by molar-refractivity contribution is 0.102. The van der Waals surface area contributed by atoms with Crippen molar-refractivity contribution in [1.82, 2.24) is 18.7 Å². The molecule has 2 heterocycles. The topological polar surface area (TPSA) is 196 Å². The van der Waals surface area contributed by atoms with Gasteiger partial charge in [0.25, 0.3) is 0 Å². The maximum atomic E-state index is 13.0. The van der Waals surface area contributed by atoms with Crippen molar-refractivity contribution in [2.24, 2.45) is 0 Å². The molecule has 0 fully saturated rings. The molecule has 4 aromatic carbocycles. The number of amides is 4. The highest BCUT2D eigenvalue weighted by atomic mass is 32.1. The van der Waals surface area contributed by atoms with E-state index in [2.05, 4.69) is 40.0 Å². The average Bonchev–Trinajstić information content (AvgIpc) is 3.87. The molecule has 276 valence electrons. The van der Waals surface area contributed by atoms with Crippen LogP contribution in [0.15, 0.2) is 97.1 Å². The minimum absolute atomic E-state index is 0.169. The van der Waals surface area contributed by atoms with Gasteiger partial charge in [-0.2, -0.15) is 9.36 Å². The monoisotopic (exact) mass is 766 g/mol. The number of ether oxygens (including phenoxy) is 3. The van der Waals surface area contributed by atoms with Crippen molar-refractivity contribution in [1.29, 1.82) is 0 Å². The molecule has 0 saturated carbocycles. The summed E-state index contributed by atoms with van der Waals surface area (Å²) in [4.78, 5) is 58.6. The summed E-state index contributed by atoms with van der Waals surface area (Å²) in [5.74, 6) is 1.10. The Labute approximate surface area is 318 Å². The Morgan fingerprint density at radius 3 is 1.39 bits per heavy atom. The number of methoxy groups -OCH3 is 3. The van der Waals surface area contributed by atoms with E-state index < -0.39 is 12.1 Å². The van der Waals surface area contributed by atoms with Gasteiger partial charge in [-0.25, -0.2) is 14.6 Å². The largest absolute Gasteiger partial charge is 0.496 e. The Morgan fingerprint density at radius 1 is 0.537 bits per heavy atom. The lowest BCUT2D eigenvalue weighted by Gasteiger charge is -2.12. The van der Waals surface area contributed by atoms with Crippen LogP contribution in [0.25, 0.3) is 0 Å². The molecule has 4 amide bonds. The number of aromatic nitrogens is 4. The molecule has 0 saturated heterocycles. The van der Waals surface area contributed by atoms with Crippen molar-refractivity contribution in [3.8, 4) is 17.5 Å². The fraction of sp³-hybridized carbons (Fsp3) is 0.135. The molecule has 0 aliphatic heterocycles. The van der Waals surface area contributed by atoms with E-state index in [1.54, 1.807) is 97.1 Å². The summed E-state index contributed by atoms with van der Waals surface area (Å²) in [5.41, 5.74) is 2.29. The smallest absolute Gasteiger partial charge is 0.329 e. The molecule has 0 unspecified atom stereocenters. The summed E-state index contributed by atoms with van der Waals surface area (Å²) >= 11 is 2.09. The molecule has 0 aliphatic carbocycles. The van der Waals surface area contributed by atoms with Crippen LogP contribution in [0.4, 0.5) is 31.2 Å². The second-order valence-corrected chi connectivity index (χ2v) is 12.3. The van der Waals surface area contributed by atoms with Gasteiger partial charge in [0, 0.05) is 40.6 Å². The average molecular weight is 767 g/mol. The summed E-state index contributed by atoms with van der Waals surface area (Å²) in [7, 11) is 4.45. The first-order chi connectivity index (χ1) is 26.2. The molecular formula is C37H34N8O7S2. The highest BCUT2D eigenvalue weighted by molar-refractivity contribution is 7.10. The van der Waals surface area contributed by atoms with Crippen LogP contribution in [0.2, 0.25) is 0 Å². The van der Waals surface area contributed by atoms with E-state index in [1.807, 2.05) is 6.92 Å². The van der Waals surface area contributed by atoms with Crippen LogP contribution >= 0.6 is 23.1 Å². The van der Waals surface area contributed by atoms with Gasteiger partial charge in [0.1, 0.15) is 17.3 Å². The number of nitrogens with zero attached hydrogens (tertiary/aromatic N) is 4. The Hall–Kier alpha value is -6.72.